The van der Waals surface area contributed by atoms with Gasteiger partial charge in [0.15, 0.2) is 0 Å². The molecular weight excluding hydrogens is 492 g/mol. The topological polar surface area (TPSA) is 107 Å². The smallest absolute Gasteiger partial charge is 0.243 e. The second kappa shape index (κ2) is 10.6. The monoisotopic (exact) mass is 524 g/mol. The molecule has 1 N–H and O–H groups in total. The van der Waals surface area contributed by atoms with E-state index in [1.807, 2.05) is 30.3 Å². The van der Waals surface area contributed by atoms with E-state index in [9.17, 15) is 22.8 Å². The number of rotatable bonds is 6. The van der Waals surface area contributed by atoms with Gasteiger partial charge in [0.2, 0.25) is 27.7 Å². The number of likely N-dealkylation sites (tertiary alicyclic amines) is 1. The van der Waals surface area contributed by atoms with E-state index in [1.165, 1.54) is 16.4 Å². The predicted molar refractivity (Wildman–Crippen MR) is 139 cm³/mol. The summed E-state index contributed by atoms with van der Waals surface area (Å²) in [5.41, 5.74) is 1.36. The van der Waals surface area contributed by atoms with Gasteiger partial charge in [0.1, 0.15) is 0 Å². The molecule has 9 nitrogen and oxygen atoms in total. The van der Waals surface area contributed by atoms with Gasteiger partial charge in [-0.1, -0.05) is 18.2 Å². The summed E-state index contributed by atoms with van der Waals surface area (Å²) in [6, 6.07) is 15.7. The normalized spacial score (nSPS) is 21.4. The number of piperidine rings is 1. The summed E-state index contributed by atoms with van der Waals surface area (Å²) in [5.74, 6) is -0.802. The van der Waals surface area contributed by atoms with E-state index >= 15 is 0 Å². The zero-order chi connectivity index (χ0) is 26.0. The highest BCUT2D eigenvalue weighted by Crippen LogP contribution is 2.28. The Morgan fingerprint density at radius 2 is 1.49 bits per heavy atom. The molecule has 3 aliphatic heterocycles. The average Bonchev–Trinajstić information content (AvgIpc) is 3.60. The van der Waals surface area contributed by atoms with Gasteiger partial charge in [-0.15, -0.1) is 0 Å². The van der Waals surface area contributed by atoms with Crippen molar-refractivity contribution in [2.75, 3.05) is 42.9 Å². The van der Waals surface area contributed by atoms with E-state index in [1.54, 1.807) is 21.9 Å². The minimum atomic E-state index is -3.49. The van der Waals surface area contributed by atoms with Gasteiger partial charge in [-0.2, -0.15) is 4.31 Å². The molecule has 0 aliphatic carbocycles. The minimum absolute atomic E-state index is 0.0274. The predicted octanol–water partition coefficient (Wildman–Crippen LogP) is 2.70. The summed E-state index contributed by atoms with van der Waals surface area (Å²) >= 11 is 0. The molecule has 0 spiro atoms. The molecule has 0 saturated carbocycles. The van der Waals surface area contributed by atoms with E-state index in [4.69, 9.17) is 0 Å². The van der Waals surface area contributed by atoms with Crippen LogP contribution in [-0.4, -0.2) is 68.1 Å². The molecular formula is C27H32N4O5S. The summed E-state index contributed by atoms with van der Waals surface area (Å²) in [6.07, 6.45) is 3.05. The second-order valence-corrected chi connectivity index (χ2v) is 11.9. The van der Waals surface area contributed by atoms with Crippen molar-refractivity contribution in [3.8, 4) is 0 Å². The van der Waals surface area contributed by atoms with Crippen LogP contribution in [-0.2, 0) is 24.4 Å². The summed E-state index contributed by atoms with van der Waals surface area (Å²) in [5, 5.41) is 2.89. The number of carbonyl (C=O) groups excluding carboxylic acids is 3. The fourth-order valence-electron chi connectivity index (χ4n) is 5.38. The molecule has 1 unspecified atom stereocenters. The van der Waals surface area contributed by atoms with Crippen molar-refractivity contribution in [3.63, 3.8) is 0 Å². The largest absolute Gasteiger partial charge is 0.342 e. The molecule has 10 heteroatoms. The van der Waals surface area contributed by atoms with Gasteiger partial charge in [-0.3, -0.25) is 14.4 Å². The average molecular weight is 525 g/mol. The van der Waals surface area contributed by atoms with Gasteiger partial charge in [0, 0.05) is 56.4 Å². The van der Waals surface area contributed by atoms with Crippen molar-refractivity contribution >= 4 is 39.1 Å². The molecule has 5 rings (SSSR count). The quantitative estimate of drug-likeness (QED) is 0.625. The molecule has 3 aliphatic rings. The third kappa shape index (κ3) is 5.40. The van der Waals surface area contributed by atoms with Crippen molar-refractivity contribution in [3.05, 3.63) is 54.6 Å². The van der Waals surface area contributed by atoms with Gasteiger partial charge in [-0.25, -0.2) is 8.42 Å². The first-order valence-corrected chi connectivity index (χ1v) is 14.3. The van der Waals surface area contributed by atoms with E-state index in [-0.39, 0.29) is 40.9 Å². The number of carbonyl (C=O) groups is 3. The summed E-state index contributed by atoms with van der Waals surface area (Å²) in [7, 11) is -3.49. The maximum absolute atomic E-state index is 13.1. The van der Waals surface area contributed by atoms with E-state index in [2.05, 4.69) is 5.32 Å². The second-order valence-electron chi connectivity index (χ2n) is 9.97. The number of nitrogens with one attached hydrogen (secondary N) is 1. The van der Waals surface area contributed by atoms with Crippen molar-refractivity contribution < 1.29 is 22.8 Å². The minimum Gasteiger partial charge on any atom is -0.342 e. The Morgan fingerprint density at radius 3 is 2.14 bits per heavy atom. The first-order valence-electron chi connectivity index (χ1n) is 12.9. The summed E-state index contributed by atoms with van der Waals surface area (Å²) in [4.78, 5) is 42.1. The summed E-state index contributed by atoms with van der Waals surface area (Å²) < 4.78 is 26.9. The van der Waals surface area contributed by atoms with Crippen LogP contribution in [0, 0.1) is 11.8 Å². The van der Waals surface area contributed by atoms with Gasteiger partial charge < -0.3 is 15.1 Å². The molecule has 1 atom stereocenters. The van der Waals surface area contributed by atoms with Gasteiger partial charge in [-0.05, 0) is 62.1 Å². The Hall–Kier alpha value is -3.24. The first-order chi connectivity index (χ1) is 17.8. The van der Waals surface area contributed by atoms with Gasteiger partial charge in [0.25, 0.3) is 0 Å². The van der Waals surface area contributed by atoms with Crippen molar-refractivity contribution in [2.24, 2.45) is 11.8 Å². The van der Waals surface area contributed by atoms with Crippen LogP contribution in [0.25, 0.3) is 0 Å². The van der Waals surface area contributed by atoms with Crippen LogP contribution in [0.15, 0.2) is 59.5 Å². The van der Waals surface area contributed by atoms with Crippen LogP contribution >= 0.6 is 0 Å². The van der Waals surface area contributed by atoms with E-state index < -0.39 is 10.0 Å². The molecule has 3 heterocycles. The first kappa shape index (κ1) is 25.4. The lowest BCUT2D eigenvalue weighted by molar-refractivity contribution is -0.138. The molecule has 3 amide bonds. The van der Waals surface area contributed by atoms with Crippen LogP contribution in [0.5, 0.6) is 0 Å². The third-order valence-corrected chi connectivity index (χ3v) is 9.46. The zero-order valence-electron chi connectivity index (χ0n) is 20.7. The lowest BCUT2D eigenvalue weighted by Crippen LogP contribution is -2.44. The number of amides is 3. The number of nitrogens with zero attached hydrogens (tertiary/aromatic N) is 3. The molecule has 2 aromatic carbocycles. The SMILES string of the molecule is O=C(Nc1ccc(S(=O)(=O)N2CCCC2)cc1)C1CCN(C(=O)C2CC(=O)N(c3ccccc3)C2)CC1. The molecule has 2 aromatic rings. The highest BCUT2D eigenvalue weighted by molar-refractivity contribution is 7.89. The highest BCUT2D eigenvalue weighted by atomic mass is 32.2. The van der Waals surface area contributed by atoms with Crippen LogP contribution in [0.1, 0.15) is 32.1 Å². The molecule has 37 heavy (non-hydrogen) atoms. The molecule has 0 bridgehead atoms. The molecule has 0 aromatic heterocycles. The third-order valence-electron chi connectivity index (χ3n) is 7.54. The molecule has 3 saturated heterocycles. The summed E-state index contributed by atoms with van der Waals surface area (Å²) in [6.45, 7) is 2.42. The number of hydrogen-bond donors (Lipinski definition) is 1. The van der Waals surface area contributed by atoms with Crippen LogP contribution in [0.3, 0.4) is 0 Å². The highest BCUT2D eigenvalue weighted by Gasteiger charge is 2.38. The lowest BCUT2D eigenvalue weighted by Gasteiger charge is -2.33. The Bertz CT molecular complexity index is 1250. The lowest BCUT2D eigenvalue weighted by atomic mass is 9.94. The molecule has 0 radical (unpaired) electrons. The van der Waals surface area contributed by atoms with Crippen molar-refractivity contribution in [1.29, 1.82) is 0 Å². The Morgan fingerprint density at radius 1 is 0.838 bits per heavy atom. The molecule has 3 fully saturated rings. The maximum Gasteiger partial charge on any atom is 0.243 e. The number of para-hydroxylation sites is 1. The van der Waals surface area contributed by atoms with Crippen LogP contribution < -0.4 is 10.2 Å². The molecule has 196 valence electrons. The number of anilines is 2. The Labute approximate surface area is 217 Å². The van der Waals surface area contributed by atoms with Crippen molar-refractivity contribution in [2.45, 2.75) is 37.0 Å². The standard InChI is InChI=1S/C27H32N4O5S/c32-25-18-21(19-31(25)23-6-2-1-3-7-23)27(34)29-16-12-20(13-17-29)26(33)28-22-8-10-24(11-9-22)37(35,36)30-14-4-5-15-30/h1-3,6-11,20-21H,4-5,12-19H2,(H,28,33). The fraction of sp³-hybridized carbons (Fsp3) is 0.444. The van der Waals surface area contributed by atoms with E-state index in [0.29, 0.717) is 51.3 Å². The van der Waals surface area contributed by atoms with Crippen molar-refractivity contribution in [1.82, 2.24) is 9.21 Å². The van der Waals surface area contributed by atoms with Gasteiger partial charge >= 0.3 is 0 Å². The fourth-order valence-corrected chi connectivity index (χ4v) is 6.90. The van der Waals surface area contributed by atoms with Crippen LogP contribution in [0.2, 0.25) is 0 Å². The van der Waals surface area contributed by atoms with E-state index in [0.717, 1.165) is 18.5 Å². The zero-order valence-corrected chi connectivity index (χ0v) is 21.5. The Balaban J connectivity index is 1.12. The Kier molecular flexibility index (Phi) is 7.30. The number of sulfonamides is 1. The number of benzene rings is 2. The van der Waals surface area contributed by atoms with Gasteiger partial charge in [0.05, 0.1) is 10.8 Å². The number of hydrogen-bond acceptors (Lipinski definition) is 5. The van der Waals surface area contributed by atoms with Crippen LogP contribution in [0.4, 0.5) is 11.4 Å². The maximum atomic E-state index is 13.1.